The van der Waals surface area contributed by atoms with Gasteiger partial charge < -0.3 is 14.6 Å². The van der Waals surface area contributed by atoms with Crippen molar-refractivity contribution in [2.75, 3.05) is 13.2 Å². The minimum Gasteiger partial charge on any atom is -0.445 e. The van der Waals surface area contributed by atoms with E-state index in [-0.39, 0.29) is 24.8 Å². The zero-order valence-corrected chi connectivity index (χ0v) is 16.6. The van der Waals surface area contributed by atoms with Gasteiger partial charge in [0.05, 0.1) is 31.0 Å². The van der Waals surface area contributed by atoms with Crippen molar-refractivity contribution < 1.29 is 19.4 Å². The normalized spacial score (nSPS) is 25.8. The third kappa shape index (κ3) is 3.42. The van der Waals surface area contributed by atoms with E-state index in [1.807, 2.05) is 60.7 Å². The molecule has 6 heteroatoms. The van der Waals surface area contributed by atoms with E-state index in [4.69, 9.17) is 9.47 Å². The van der Waals surface area contributed by atoms with Crippen LogP contribution in [0.15, 0.2) is 66.9 Å². The van der Waals surface area contributed by atoms with Gasteiger partial charge in [0.25, 0.3) is 0 Å². The summed E-state index contributed by atoms with van der Waals surface area (Å²) in [4.78, 5) is 19.2. The lowest BCUT2D eigenvalue weighted by atomic mass is 9.78. The molecule has 3 aromatic rings. The van der Waals surface area contributed by atoms with Crippen LogP contribution >= 0.6 is 0 Å². The summed E-state index contributed by atoms with van der Waals surface area (Å²) in [7, 11) is 0. The molecule has 2 fully saturated rings. The number of piperidine rings is 1. The van der Waals surface area contributed by atoms with Crippen LogP contribution in [0.25, 0.3) is 10.8 Å². The average molecular weight is 404 g/mol. The second-order valence-electron chi connectivity index (χ2n) is 8.11. The Morgan fingerprint density at radius 3 is 2.53 bits per heavy atom. The molecular weight excluding hydrogens is 380 g/mol. The van der Waals surface area contributed by atoms with E-state index in [1.54, 1.807) is 11.1 Å². The van der Waals surface area contributed by atoms with E-state index in [0.29, 0.717) is 31.7 Å². The molecule has 0 saturated carbocycles. The van der Waals surface area contributed by atoms with Crippen LogP contribution in [0.4, 0.5) is 4.79 Å². The van der Waals surface area contributed by atoms with E-state index in [0.717, 1.165) is 16.3 Å². The van der Waals surface area contributed by atoms with Crippen molar-refractivity contribution in [1.82, 2.24) is 9.88 Å². The van der Waals surface area contributed by atoms with Crippen molar-refractivity contribution in [1.29, 1.82) is 0 Å². The van der Waals surface area contributed by atoms with Gasteiger partial charge in [-0.3, -0.25) is 9.88 Å². The van der Waals surface area contributed by atoms with Gasteiger partial charge in [0.1, 0.15) is 12.2 Å². The standard InChI is InChI=1S/C24H24N2O4/c27-23(30-14-17-6-2-1-3-7-17)26-19-12-24(28,13-20(26)16-29-15-19)22-21-9-5-4-8-18(21)10-11-25-22/h1-11,19-20,28H,12-16H2. The van der Waals surface area contributed by atoms with Gasteiger partial charge in [0.2, 0.25) is 0 Å². The Labute approximate surface area is 175 Å². The fourth-order valence-electron chi connectivity index (χ4n) is 4.75. The van der Waals surface area contributed by atoms with Gasteiger partial charge >= 0.3 is 6.09 Å². The number of hydrogen-bond donors (Lipinski definition) is 1. The molecule has 2 saturated heterocycles. The maximum atomic E-state index is 12.9. The van der Waals surface area contributed by atoms with E-state index >= 15 is 0 Å². The number of carbonyl (C=O) groups excluding carboxylic acids is 1. The number of aliphatic hydroxyl groups is 1. The molecule has 2 atom stereocenters. The number of fused-ring (bicyclic) bond motifs is 3. The fourth-order valence-corrected chi connectivity index (χ4v) is 4.75. The molecule has 0 aliphatic carbocycles. The maximum Gasteiger partial charge on any atom is 0.410 e. The molecule has 2 aromatic carbocycles. The van der Waals surface area contributed by atoms with Gasteiger partial charge in [0, 0.05) is 24.4 Å². The first-order valence-corrected chi connectivity index (χ1v) is 10.3. The topological polar surface area (TPSA) is 71.9 Å². The number of rotatable bonds is 3. The van der Waals surface area contributed by atoms with Gasteiger partial charge in [-0.2, -0.15) is 0 Å². The number of benzene rings is 2. The number of morpholine rings is 1. The monoisotopic (exact) mass is 404 g/mol. The first kappa shape index (κ1) is 19.0. The van der Waals surface area contributed by atoms with Crippen molar-refractivity contribution in [2.45, 2.75) is 37.1 Å². The van der Waals surface area contributed by atoms with Crippen LogP contribution in [-0.2, 0) is 21.7 Å². The largest absolute Gasteiger partial charge is 0.445 e. The summed E-state index contributed by atoms with van der Waals surface area (Å²) in [6.07, 6.45) is 2.11. The molecule has 2 aliphatic rings. The van der Waals surface area contributed by atoms with Gasteiger partial charge in [-0.05, 0) is 17.0 Å². The lowest BCUT2D eigenvalue weighted by Gasteiger charge is -2.50. The summed E-state index contributed by atoms with van der Waals surface area (Å²) in [6, 6.07) is 19.0. The van der Waals surface area contributed by atoms with Gasteiger partial charge in [0.15, 0.2) is 0 Å². The van der Waals surface area contributed by atoms with E-state index in [2.05, 4.69) is 4.98 Å². The third-order valence-electron chi connectivity index (χ3n) is 6.08. The molecule has 2 aliphatic heterocycles. The second-order valence-corrected chi connectivity index (χ2v) is 8.11. The van der Waals surface area contributed by atoms with Crippen LogP contribution in [-0.4, -0.2) is 46.4 Å². The van der Waals surface area contributed by atoms with Crippen LogP contribution < -0.4 is 0 Å². The highest BCUT2D eigenvalue weighted by molar-refractivity contribution is 5.85. The molecule has 5 rings (SSSR count). The van der Waals surface area contributed by atoms with Crippen LogP contribution in [0.3, 0.4) is 0 Å². The summed E-state index contributed by atoms with van der Waals surface area (Å²) < 4.78 is 11.3. The second kappa shape index (κ2) is 7.70. The number of amides is 1. The molecule has 2 bridgehead atoms. The Morgan fingerprint density at radius 1 is 1.07 bits per heavy atom. The van der Waals surface area contributed by atoms with Crippen LogP contribution in [0.5, 0.6) is 0 Å². The number of carbonyl (C=O) groups is 1. The molecular formula is C24H24N2O4. The molecule has 1 N–H and O–H groups in total. The van der Waals surface area contributed by atoms with E-state index in [1.165, 1.54) is 0 Å². The lowest BCUT2D eigenvalue weighted by Crippen LogP contribution is -2.62. The summed E-state index contributed by atoms with van der Waals surface area (Å²) in [5.41, 5.74) is 0.506. The highest BCUT2D eigenvalue weighted by Gasteiger charge is 2.50. The minimum absolute atomic E-state index is 0.228. The molecule has 0 spiro atoms. The Bertz CT molecular complexity index is 1040. The molecule has 154 valence electrons. The summed E-state index contributed by atoms with van der Waals surface area (Å²) in [5.74, 6) is 0. The first-order chi connectivity index (χ1) is 14.6. The van der Waals surface area contributed by atoms with Crippen molar-refractivity contribution in [2.24, 2.45) is 0 Å². The molecule has 2 unspecified atom stereocenters. The zero-order chi connectivity index (χ0) is 20.6. The summed E-state index contributed by atoms with van der Waals surface area (Å²) in [5, 5.41) is 13.6. The average Bonchev–Trinajstić information content (AvgIpc) is 2.77. The Kier molecular flexibility index (Phi) is 4.89. The van der Waals surface area contributed by atoms with Crippen LogP contribution in [0, 0.1) is 0 Å². The first-order valence-electron chi connectivity index (χ1n) is 10.3. The number of aromatic nitrogens is 1. The Morgan fingerprint density at radius 2 is 1.77 bits per heavy atom. The molecule has 30 heavy (non-hydrogen) atoms. The van der Waals surface area contributed by atoms with E-state index in [9.17, 15) is 9.90 Å². The molecule has 6 nitrogen and oxygen atoms in total. The summed E-state index contributed by atoms with van der Waals surface area (Å²) in [6.45, 7) is 0.986. The van der Waals surface area contributed by atoms with Gasteiger partial charge in [-0.1, -0.05) is 54.6 Å². The third-order valence-corrected chi connectivity index (χ3v) is 6.08. The number of pyridine rings is 1. The zero-order valence-electron chi connectivity index (χ0n) is 16.6. The summed E-state index contributed by atoms with van der Waals surface area (Å²) >= 11 is 0. The van der Waals surface area contributed by atoms with Crippen molar-refractivity contribution >= 4 is 16.9 Å². The van der Waals surface area contributed by atoms with Crippen LogP contribution in [0.2, 0.25) is 0 Å². The van der Waals surface area contributed by atoms with Gasteiger partial charge in [-0.15, -0.1) is 0 Å². The Balaban J connectivity index is 1.38. The fraction of sp³-hybridized carbons (Fsp3) is 0.333. The number of ether oxygens (including phenoxy) is 2. The molecule has 1 aromatic heterocycles. The minimum atomic E-state index is -1.11. The van der Waals surface area contributed by atoms with Crippen molar-refractivity contribution in [3.05, 3.63) is 78.1 Å². The predicted molar refractivity (Wildman–Crippen MR) is 112 cm³/mol. The molecule has 3 heterocycles. The Hall–Kier alpha value is -2.96. The predicted octanol–water partition coefficient (Wildman–Crippen LogP) is 3.62. The molecule has 1 amide bonds. The maximum absolute atomic E-state index is 12.9. The molecule has 0 radical (unpaired) electrons. The van der Waals surface area contributed by atoms with Crippen LogP contribution in [0.1, 0.15) is 24.1 Å². The number of nitrogens with zero attached hydrogens (tertiary/aromatic N) is 2. The van der Waals surface area contributed by atoms with E-state index < -0.39 is 5.60 Å². The highest BCUT2D eigenvalue weighted by Crippen LogP contribution is 2.42. The number of hydrogen-bond acceptors (Lipinski definition) is 5. The highest BCUT2D eigenvalue weighted by atomic mass is 16.6. The smallest absolute Gasteiger partial charge is 0.410 e. The van der Waals surface area contributed by atoms with Crippen molar-refractivity contribution in [3.8, 4) is 0 Å². The van der Waals surface area contributed by atoms with Crippen molar-refractivity contribution in [3.63, 3.8) is 0 Å². The SMILES string of the molecule is O=C(OCc1ccccc1)N1C2COCC1CC(O)(c1nccc3ccccc13)C2. The van der Waals surface area contributed by atoms with Gasteiger partial charge in [-0.25, -0.2) is 4.79 Å². The lowest BCUT2D eigenvalue weighted by molar-refractivity contribution is -0.137. The quantitative estimate of drug-likeness (QED) is 0.722.